The molecule has 2 aromatic carbocycles. The third kappa shape index (κ3) is 4.35. The molecule has 0 unspecified atom stereocenters. The summed E-state index contributed by atoms with van der Waals surface area (Å²) in [7, 11) is 0. The summed E-state index contributed by atoms with van der Waals surface area (Å²) in [5.41, 5.74) is 2.24. The summed E-state index contributed by atoms with van der Waals surface area (Å²) in [5.74, 6) is 0.889. The molecule has 0 N–H and O–H groups in total. The van der Waals surface area contributed by atoms with Crippen molar-refractivity contribution in [3.8, 4) is 11.5 Å². The molecule has 2 aromatic rings. The predicted octanol–water partition coefficient (Wildman–Crippen LogP) is 4.64. The Balaban J connectivity index is 1.71. The van der Waals surface area contributed by atoms with Crippen LogP contribution in [-0.2, 0) is 9.59 Å². The minimum Gasteiger partial charge on any atom is -0.494 e. The first-order valence-electron chi connectivity index (χ1n) is 11.4. The topological polar surface area (TPSA) is 59.1 Å². The molecule has 2 aliphatic rings. The van der Waals surface area contributed by atoms with E-state index in [2.05, 4.69) is 4.90 Å². The minimum absolute atomic E-state index is 0.0505. The van der Waals surface area contributed by atoms with Crippen LogP contribution in [0, 0.1) is 0 Å². The van der Waals surface area contributed by atoms with Crippen molar-refractivity contribution in [3.05, 3.63) is 59.8 Å². The number of ether oxygens (including phenoxy) is 2. The lowest BCUT2D eigenvalue weighted by Crippen LogP contribution is -2.37. The Bertz CT molecular complexity index is 1000. The maximum atomic E-state index is 13.6. The molecule has 2 aliphatic heterocycles. The molecule has 6 nitrogen and oxygen atoms in total. The van der Waals surface area contributed by atoms with Crippen molar-refractivity contribution in [1.82, 2.24) is 4.90 Å². The van der Waals surface area contributed by atoms with E-state index in [0.717, 1.165) is 43.7 Å². The van der Waals surface area contributed by atoms with E-state index in [1.807, 2.05) is 45.0 Å². The number of carbonyl (C=O) groups excluding carboxylic acids is 2. The van der Waals surface area contributed by atoms with Gasteiger partial charge in [-0.05, 0) is 82.0 Å². The average Bonchev–Trinajstić information content (AvgIpc) is 3.05. The van der Waals surface area contributed by atoms with Crippen LogP contribution in [0.15, 0.2) is 54.2 Å². The Kier molecular flexibility index (Phi) is 6.49. The SMILES string of the molecule is CCOc1ccc(C2=C(N3CCCCC3)C(=O)N(c3ccc(OC(C)C)cc3)C2=O)cc1. The molecular formula is C26H30N2O4. The van der Waals surface area contributed by atoms with Gasteiger partial charge in [-0.25, -0.2) is 4.90 Å². The van der Waals surface area contributed by atoms with E-state index in [4.69, 9.17) is 9.47 Å². The molecule has 0 bridgehead atoms. The molecule has 0 aromatic heterocycles. The second-order valence-corrected chi connectivity index (χ2v) is 8.33. The number of anilines is 1. The summed E-state index contributed by atoms with van der Waals surface area (Å²) in [6.07, 6.45) is 3.23. The van der Waals surface area contributed by atoms with Gasteiger partial charge in [-0.3, -0.25) is 9.59 Å². The van der Waals surface area contributed by atoms with Crippen LogP contribution in [0.4, 0.5) is 5.69 Å². The maximum absolute atomic E-state index is 13.6. The number of hydrogen-bond acceptors (Lipinski definition) is 5. The summed E-state index contributed by atoms with van der Waals surface area (Å²) < 4.78 is 11.2. The van der Waals surface area contributed by atoms with Crippen LogP contribution in [0.5, 0.6) is 11.5 Å². The van der Waals surface area contributed by atoms with Crippen LogP contribution >= 0.6 is 0 Å². The Morgan fingerprint density at radius 1 is 0.844 bits per heavy atom. The molecule has 32 heavy (non-hydrogen) atoms. The van der Waals surface area contributed by atoms with Gasteiger partial charge in [0.05, 0.1) is 24.0 Å². The third-order valence-electron chi connectivity index (χ3n) is 5.65. The zero-order chi connectivity index (χ0) is 22.7. The van der Waals surface area contributed by atoms with Crippen molar-refractivity contribution < 1.29 is 19.1 Å². The first-order chi connectivity index (χ1) is 15.5. The lowest BCUT2D eigenvalue weighted by molar-refractivity contribution is -0.120. The van der Waals surface area contributed by atoms with Gasteiger partial charge in [0.15, 0.2) is 0 Å². The number of imide groups is 1. The van der Waals surface area contributed by atoms with Crippen molar-refractivity contribution in [1.29, 1.82) is 0 Å². The summed E-state index contributed by atoms with van der Waals surface area (Å²) in [6.45, 7) is 7.98. The van der Waals surface area contributed by atoms with E-state index in [1.165, 1.54) is 4.90 Å². The average molecular weight is 435 g/mol. The second kappa shape index (κ2) is 9.47. The Morgan fingerprint density at radius 3 is 2.06 bits per heavy atom. The molecule has 0 aliphatic carbocycles. The number of rotatable bonds is 7. The van der Waals surface area contributed by atoms with E-state index in [9.17, 15) is 9.59 Å². The van der Waals surface area contributed by atoms with Gasteiger partial charge in [0.1, 0.15) is 17.2 Å². The van der Waals surface area contributed by atoms with Crippen molar-refractivity contribution in [2.45, 2.75) is 46.1 Å². The van der Waals surface area contributed by atoms with Crippen LogP contribution in [0.2, 0.25) is 0 Å². The van der Waals surface area contributed by atoms with E-state index in [-0.39, 0.29) is 17.9 Å². The minimum atomic E-state index is -0.294. The zero-order valence-electron chi connectivity index (χ0n) is 19.0. The Hall–Kier alpha value is -3.28. The van der Waals surface area contributed by atoms with E-state index < -0.39 is 0 Å². The Morgan fingerprint density at radius 2 is 1.47 bits per heavy atom. The van der Waals surface area contributed by atoms with E-state index >= 15 is 0 Å². The van der Waals surface area contributed by atoms with Crippen LogP contribution in [0.3, 0.4) is 0 Å². The summed E-state index contributed by atoms with van der Waals surface area (Å²) in [5, 5.41) is 0. The largest absolute Gasteiger partial charge is 0.494 e. The molecule has 0 atom stereocenters. The highest BCUT2D eigenvalue weighted by Crippen LogP contribution is 2.36. The summed E-state index contributed by atoms with van der Waals surface area (Å²) in [6, 6.07) is 14.5. The third-order valence-corrected chi connectivity index (χ3v) is 5.65. The van der Waals surface area contributed by atoms with Crippen molar-refractivity contribution in [3.63, 3.8) is 0 Å². The highest BCUT2D eigenvalue weighted by molar-refractivity contribution is 6.45. The molecule has 0 radical (unpaired) electrons. The maximum Gasteiger partial charge on any atom is 0.282 e. The number of benzene rings is 2. The van der Waals surface area contributed by atoms with Crippen LogP contribution < -0.4 is 14.4 Å². The van der Waals surface area contributed by atoms with Crippen molar-refractivity contribution in [2.24, 2.45) is 0 Å². The Labute approximate surface area is 189 Å². The smallest absolute Gasteiger partial charge is 0.282 e. The molecule has 2 amide bonds. The normalized spacial score (nSPS) is 16.9. The van der Waals surface area contributed by atoms with Gasteiger partial charge >= 0.3 is 0 Å². The fourth-order valence-corrected chi connectivity index (χ4v) is 4.25. The van der Waals surface area contributed by atoms with Crippen molar-refractivity contribution in [2.75, 3.05) is 24.6 Å². The van der Waals surface area contributed by atoms with Gasteiger partial charge in [0, 0.05) is 13.1 Å². The first kappa shape index (κ1) is 21.9. The highest BCUT2D eigenvalue weighted by Gasteiger charge is 2.42. The highest BCUT2D eigenvalue weighted by atomic mass is 16.5. The lowest BCUT2D eigenvalue weighted by atomic mass is 10.0. The van der Waals surface area contributed by atoms with Crippen molar-refractivity contribution >= 4 is 23.1 Å². The second-order valence-electron chi connectivity index (χ2n) is 8.33. The number of likely N-dealkylation sites (tertiary alicyclic amines) is 1. The lowest BCUT2D eigenvalue weighted by Gasteiger charge is -2.29. The fraction of sp³-hybridized carbons (Fsp3) is 0.385. The number of nitrogens with zero attached hydrogens (tertiary/aromatic N) is 2. The van der Waals surface area contributed by atoms with Gasteiger partial charge in [-0.1, -0.05) is 12.1 Å². The van der Waals surface area contributed by atoms with Gasteiger partial charge < -0.3 is 14.4 Å². The van der Waals surface area contributed by atoms with Crippen LogP contribution in [-0.4, -0.2) is 42.5 Å². The molecule has 6 heteroatoms. The summed E-state index contributed by atoms with van der Waals surface area (Å²) in [4.78, 5) is 30.5. The van der Waals surface area contributed by atoms with E-state index in [0.29, 0.717) is 29.3 Å². The molecule has 2 heterocycles. The van der Waals surface area contributed by atoms with Gasteiger partial charge in [-0.2, -0.15) is 0 Å². The number of hydrogen-bond donors (Lipinski definition) is 0. The first-order valence-corrected chi connectivity index (χ1v) is 11.4. The molecule has 1 fully saturated rings. The quantitative estimate of drug-likeness (QED) is 0.594. The predicted molar refractivity (Wildman–Crippen MR) is 125 cm³/mol. The monoisotopic (exact) mass is 434 g/mol. The zero-order valence-corrected chi connectivity index (χ0v) is 19.0. The van der Waals surface area contributed by atoms with Gasteiger partial charge in [0.2, 0.25) is 0 Å². The fourth-order valence-electron chi connectivity index (χ4n) is 4.25. The van der Waals surface area contributed by atoms with E-state index in [1.54, 1.807) is 24.3 Å². The standard InChI is InChI=1S/C26H30N2O4/c1-4-31-21-12-8-19(9-13-21)23-24(27-16-6-5-7-17-27)26(30)28(25(23)29)20-10-14-22(15-11-20)32-18(2)3/h8-15,18H,4-7,16-17H2,1-3H3. The van der Waals surface area contributed by atoms with Crippen LogP contribution in [0.25, 0.3) is 5.57 Å². The number of piperidine rings is 1. The van der Waals surface area contributed by atoms with Gasteiger partial charge in [-0.15, -0.1) is 0 Å². The van der Waals surface area contributed by atoms with Crippen LogP contribution in [0.1, 0.15) is 45.6 Å². The molecule has 1 saturated heterocycles. The number of amides is 2. The number of carbonyl (C=O) groups is 2. The molecule has 4 rings (SSSR count). The molecule has 0 spiro atoms. The molecular weight excluding hydrogens is 404 g/mol. The molecule has 0 saturated carbocycles. The summed E-state index contributed by atoms with van der Waals surface area (Å²) >= 11 is 0. The van der Waals surface area contributed by atoms with Gasteiger partial charge in [0.25, 0.3) is 11.8 Å². The molecule has 168 valence electrons.